The summed E-state index contributed by atoms with van der Waals surface area (Å²) in [4.78, 5) is 2.57. The van der Waals surface area contributed by atoms with E-state index in [0.717, 1.165) is 24.9 Å². The lowest BCUT2D eigenvalue weighted by molar-refractivity contribution is 0.227. The lowest BCUT2D eigenvalue weighted by Crippen LogP contribution is -2.35. The number of benzene rings is 1. The van der Waals surface area contributed by atoms with Gasteiger partial charge in [-0.05, 0) is 30.9 Å². The molecule has 2 nitrogen and oxygen atoms in total. The van der Waals surface area contributed by atoms with Gasteiger partial charge >= 0.3 is 0 Å². The quantitative estimate of drug-likeness (QED) is 0.761. The molecule has 0 atom stereocenters. The van der Waals surface area contributed by atoms with E-state index in [2.05, 4.69) is 69.1 Å². The van der Waals surface area contributed by atoms with Crippen molar-refractivity contribution in [2.24, 2.45) is 11.8 Å². The molecule has 0 radical (unpaired) electrons. The van der Waals surface area contributed by atoms with Gasteiger partial charge in [0.1, 0.15) is 0 Å². The number of anilines is 1. The van der Waals surface area contributed by atoms with Crippen molar-refractivity contribution >= 4 is 5.69 Å². The Morgan fingerprint density at radius 3 is 1.95 bits per heavy atom. The van der Waals surface area contributed by atoms with Crippen LogP contribution in [0.2, 0.25) is 0 Å². The molecule has 1 rings (SSSR count). The van der Waals surface area contributed by atoms with Crippen molar-refractivity contribution in [2.45, 2.75) is 34.6 Å². The van der Waals surface area contributed by atoms with Crippen LogP contribution in [0.25, 0.3) is 0 Å². The van der Waals surface area contributed by atoms with E-state index in [4.69, 9.17) is 0 Å². The van der Waals surface area contributed by atoms with Gasteiger partial charge in [0.15, 0.2) is 0 Å². The summed E-state index contributed by atoms with van der Waals surface area (Å²) in [7, 11) is 0. The molecule has 0 saturated heterocycles. The number of nitrogens with zero attached hydrogens (tertiary/aromatic N) is 1. The smallest absolute Gasteiger partial charge is 0.0340 e. The Balaban J connectivity index is 2.36. The predicted octanol–water partition coefficient (Wildman–Crippen LogP) is 4.02. The highest BCUT2D eigenvalue weighted by Crippen LogP contribution is 2.09. The Labute approximate surface area is 119 Å². The highest BCUT2D eigenvalue weighted by atomic mass is 15.1. The van der Waals surface area contributed by atoms with Crippen molar-refractivity contribution in [1.29, 1.82) is 0 Å². The summed E-state index contributed by atoms with van der Waals surface area (Å²) in [5, 5.41) is 3.51. The van der Waals surface area contributed by atoms with E-state index < -0.39 is 0 Å². The summed E-state index contributed by atoms with van der Waals surface area (Å²) < 4.78 is 0. The molecule has 0 unspecified atom stereocenters. The Morgan fingerprint density at radius 2 is 1.47 bits per heavy atom. The zero-order chi connectivity index (χ0) is 14.3. The molecule has 0 bridgehead atoms. The fourth-order valence-corrected chi connectivity index (χ4v) is 2.32. The Hall–Kier alpha value is -1.02. The Morgan fingerprint density at radius 1 is 0.947 bits per heavy atom. The zero-order valence-corrected chi connectivity index (χ0v) is 13.2. The van der Waals surface area contributed by atoms with Gasteiger partial charge in [-0.1, -0.05) is 45.4 Å². The first-order valence-electron chi connectivity index (χ1n) is 7.50. The monoisotopic (exact) mass is 262 g/mol. The molecule has 2 heteroatoms. The lowest BCUT2D eigenvalue weighted by atomic mass is 10.1. The van der Waals surface area contributed by atoms with Crippen LogP contribution >= 0.6 is 0 Å². The van der Waals surface area contributed by atoms with E-state index in [9.17, 15) is 0 Å². The minimum Gasteiger partial charge on any atom is -0.384 e. The summed E-state index contributed by atoms with van der Waals surface area (Å²) in [6, 6.07) is 8.62. The zero-order valence-electron chi connectivity index (χ0n) is 13.2. The average molecular weight is 262 g/mol. The van der Waals surface area contributed by atoms with Gasteiger partial charge in [0.25, 0.3) is 0 Å². The maximum absolute atomic E-state index is 3.51. The summed E-state index contributed by atoms with van der Waals surface area (Å²) in [6.45, 7) is 15.8. The van der Waals surface area contributed by atoms with Gasteiger partial charge in [-0.3, -0.25) is 0 Å². The van der Waals surface area contributed by atoms with Crippen LogP contribution < -0.4 is 5.32 Å². The van der Waals surface area contributed by atoms with Crippen LogP contribution in [0.3, 0.4) is 0 Å². The predicted molar refractivity (Wildman–Crippen MR) is 85.8 cm³/mol. The fraction of sp³-hybridized carbons (Fsp3) is 0.647. The molecule has 0 aliphatic heterocycles. The topological polar surface area (TPSA) is 15.3 Å². The van der Waals surface area contributed by atoms with Gasteiger partial charge in [0.2, 0.25) is 0 Å². The third-order valence-electron chi connectivity index (χ3n) is 3.06. The first kappa shape index (κ1) is 16.0. The first-order chi connectivity index (χ1) is 8.97. The van der Waals surface area contributed by atoms with Gasteiger partial charge in [-0.15, -0.1) is 0 Å². The normalized spacial score (nSPS) is 11.6. The highest BCUT2D eigenvalue weighted by molar-refractivity contribution is 5.44. The maximum Gasteiger partial charge on any atom is 0.0340 e. The van der Waals surface area contributed by atoms with E-state index in [1.165, 1.54) is 24.3 Å². The number of rotatable bonds is 8. The molecule has 0 amide bonds. The van der Waals surface area contributed by atoms with Crippen molar-refractivity contribution in [3.63, 3.8) is 0 Å². The molecule has 108 valence electrons. The molecular weight excluding hydrogens is 232 g/mol. The van der Waals surface area contributed by atoms with Gasteiger partial charge in [-0.2, -0.15) is 0 Å². The van der Waals surface area contributed by atoms with E-state index in [1.54, 1.807) is 0 Å². The summed E-state index contributed by atoms with van der Waals surface area (Å²) >= 11 is 0. The third kappa shape index (κ3) is 7.22. The second-order valence-electron chi connectivity index (χ2n) is 6.34. The maximum atomic E-state index is 3.51. The number of nitrogens with one attached hydrogen (secondary N) is 1. The minimum absolute atomic E-state index is 0.734. The minimum atomic E-state index is 0.734. The first-order valence-corrected chi connectivity index (χ1v) is 7.50. The van der Waals surface area contributed by atoms with E-state index >= 15 is 0 Å². The number of hydrogen-bond donors (Lipinski definition) is 1. The van der Waals surface area contributed by atoms with Crippen LogP contribution in [-0.2, 0) is 0 Å². The van der Waals surface area contributed by atoms with Gasteiger partial charge in [0.05, 0.1) is 0 Å². The van der Waals surface area contributed by atoms with Gasteiger partial charge in [0, 0.05) is 31.9 Å². The average Bonchev–Trinajstić information content (AvgIpc) is 2.30. The molecule has 0 aliphatic rings. The van der Waals surface area contributed by atoms with Crippen LogP contribution in [0.1, 0.15) is 33.3 Å². The molecule has 0 spiro atoms. The van der Waals surface area contributed by atoms with Crippen LogP contribution in [0.5, 0.6) is 0 Å². The number of hydrogen-bond acceptors (Lipinski definition) is 2. The van der Waals surface area contributed by atoms with Crippen molar-refractivity contribution in [2.75, 3.05) is 31.5 Å². The largest absolute Gasteiger partial charge is 0.384 e. The molecule has 1 N–H and O–H groups in total. The molecule has 0 fully saturated rings. The van der Waals surface area contributed by atoms with Crippen molar-refractivity contribution < 1.29 is 0 Å². The Bertz CT molecular complexity index is 331. The van der Waals surface area contributed by atoms with Crippen molar-refractivity contribution in [1.82, 2.24) is 4.90 Å². The SMILES string of the molecule is Cc1ccc(NCCN(CC(C)C)CC(C)C)cc1. The molecule has 1 aromatic rings. The van der Waals surface area contributed by atoms with Crippen molar-refractivity contribution in [3.8, 4) is 0 Å². The second-order valence-corrected chi connectivity index (χ2v) is 6.34. The van der Waals surface area contributed by atoms with Crippen LogP contribution in [0.4, 0.5) is 5.69 Å². The van der Waals surface area contributed by atoms with Crippen LogP contribution in [0.15, 0.2) is 24.3 Å². The van der Waals surface area contributed by atoms with Gasteiger partial charge < -0.3 is 10.2 Å². The highest BCUT2D eigenvalue weighted by Gasteiger charge is 2.08. The summed E-state index contributed by atoms with van der Waals surface area (Å²) in [5.74, 6) is 1.47. The molecule has 1 aromatic carbocycles. The van der Waals surface area contributed by atoms with Crippen LogP contribution in [-0.4, -0.2) is 31.1 Å². The van der Waals surface area contributed by atoms with E-state index in [-0.39, 0.29) is 0 Å². The molecule has 19 heavy (non-hydrogen) atoms. The van der Waals surface area contributed by atoms with Crippen LogP contribution in [0, 0.1) is 18.8 Å². The van der Waals surface area contributed by atoms with Crippen molar-refractivity contribution in [3.05, 3.63) is 29.8 Å². The van der Waals surface area contributed by atoms with E-state index in [0.29, 0.717) is 0 Å². The van der Waals surface area contributed by atoms with Gasteiger partial charge in [-0.25, -0.2) is 0 Å². The standard InChI is InChI=1S/C17H30N2/c1-14(2)12-19(13-15(3)4)11-10-18-17-8-6-16(5)7-9-17/h6-9,14-15,18H,10-13H2,1-5H3. The lowest BCUT2D eigenvalue weighted by Gasteiger charge is -2.26. The Kier molecular flexibility index (Phi) is 6.93. The second kappa shape index (κ2) is 8.21. The molecule has 0 saturated carbocycles. The molecule has 0 heterocycles. The summed E-state index contributed by atoms with van der Waals surface area (Å²) in [5.41, 5.74) is 2.53. The third-order valence-corrected chi connectivity index (χ3v) is 3.06. The molecular formula is C17H30N2. The molecule has 0 aliphatic carbocycles. The summed E-state index contributed by atoms with van der Waals surface area (Å²) in [6.07, 6.45) is 0. The number of aryl methyl sites for hydroxylation is 1. The van der Waals surface area contributed by atoms with E-state index in [1.807, 2.05) is 0 Å². The molecule has 0 aromatic heterocycles. The fourth-order valence-electron chi connectivity index (χ4n) is 2.32.